The van der Waals surface area contributed by atoms with Crippen LogP contribution in [-0.4, -0.2) is 17.0 Å². The standard InChI is InChI=1S/C29H46O2/c1-7-20(18(2)3)9-8-19(4)27-26(31)17-25-23-11-10-21-16-22(30)12-14-28(21,5)24(23)13-15-29(25,27)6/h10,17-20,22-24,27,30H,7-9,11-16H2,1-6H3. The molecule has 1 N–H and O–H groups in total. The number of fused-ring (bicyclic) bond motifs is 5. The van der Waals surface area contributed by atoms with Gasteiger partial charge in [-0.2, -0.15) is 0 Å². The van der Waals surface area contributed by atoms with Crippen LogP contribution in [0, 0.1) is 46.3 Å². The number of rotatable bonds is 6. The van der Waals surface area contributed by atoms with Crippen LogP contribution in [0.5, 0.6) is 0 Å². The predicted octanol–water partition coefficient (Wildman–Crippen LogP) is 7.12. The summed E-state index contributed by atoms with van der Waals surface area (Å²) in [4.78, 5) is 13.4. The number of allylic oxidation sites excluding steroid dienone is 3. The van der Waals surface area contributed by atoms with Crippen molar-refractivity contribution in [2.24, 2.45) is 46.3 Å². The minimum Gasteiger partial charge on any atom is -0.393 e. The molecule has 31 heavy (non-hydrogen) atoms. The molecule has 4 aliphatic rings. The lowest BCUT2D eigenvalue weighted by Crippen LogP contribution is -2.48. The predicted molar refractivity (Wildman–Crippen MR) is 129 cm³/mol. The summed E-state index contributed by atoms with van der Waals surface area (Å²) in [5.74, 6) is 3.74. The molecule has 0 saturated heterocycles. The highest BCUT2D eigenvalue weighted by atomic mass is 16.3. The average Bonchev–Trinajstić information content (AvgIpc) is 2.98. The van der Waals surface area contributed by atoms with E-state index in [-0.39, 0.29) is 22.9 Å². The Labute approximate surface area is 191 Å². The van der Waals surface area contributed by atoms with Gasteiger partial charge < -0.3 is 5.11 Å². The third-order valence-corrected chi connectivity index (χ3v) is 10.5. The molecule has 0 aromatic rings. The first-order chi connectivity index (χ1) is 14.6. The van der Waals surface area contributed by atoms with Crippen LogP contribution < -0.4 is 0 Å². The molecule has 0 radical (unpaired) electrons. The van der Waals surface area contributed by atoms with Gasteiger partial charge >= 0.3 is 0 Å². The van der Waals surface area contributed by atoms with E-state index < -0.39 is 0 Å². The van der Waals surface area contributed by atoms with Crippen LogP contribution in [0.15, 0.2) is 23.3 Å². The minimum atomic E-state index is -0.153. The van der Waals surface area contributed by atoms with Crippen molar-refractivity contribution < 1.29 is 9.90 Å². The first-order valence-electron chi connectivity index (χ1n) is 13.2. The summed E-state index contributed by atoms with van der Waals surface area (Å²) in [6.45, 7) is 14.2. The van der Waals surface area contributed by atoms with Gasteiger partial charge in [0, 0.05) is 5.92 Å². The van der Waals surface area contributed by atoms with Gasteiger partial charge in [-0.25, -0.2) is 0 Å². The average molecular weight is 427 g/mol. The second-order valence-corrected chi connectivity index (χ2v) is 12.4. The van der Waals surface area contributed by atoms with Crippen molar-refractivity contribution in [3.63, 3.8) is 0 Å². The fourth-order valence-electron chi connectivity index (χ4n) is 8.45. The van der Waals surface area contributed by atoms with E-state index in [1.165, 1.54) is 36.8 Å². The van der Waals surface area contributed by atoms with Crippen molar-refractivity contribution >= 4 is 5.78 Å². The molecule has 0 aromatic heterocycles. The quantitative estimate of drug-likeness (QED) is 0.459. The second kappa shape index (κ2) is 8.47. The number of ketones is 1. The Morgan fingerprint density at radius 3 is 2.48 bits per heavy atom. The molecule has 4 rings (SSSR count). The lowest BCUT2D eigenvalue weighted by Gasteiger charge is -2.56. The molecule has 0 heterocycles. The van der Waals surface area contributed by atoms with E-state index in [0.29, 0.717) is 23.5 Å². The van der Waals surface area contributed by atoms with Gasteiger partial charge in [0.05, 0.1) is 6.10 Å². The Morgan fingerprint density at radius 1 is 1.10 bits per heavy atom. The summed E-state index contributed by atoms with van der Waals surface area (Å²) < 4.78 is 0. The van der Waals surface area contributed by atoms with E-state index in [9.17, 15) is 9.90 Å². The first-order valence-corrected chi connectivity index (χ1v) is 13.2. The van der Waals surface area contributed by atoms with Crippen LogP contribution in [0.1, 0.15) is 99.3 Å². The van der Waals surface area contributed by atoms with Gasteiger partial charge in [-0.05, 0) is 97.9 Å². The molecule has 8 atom stereocenters. The maximum absolute atomic E-state index is 13.4. The zero-order valence-corrected chi connectivity index (χ0v) is 20.9. The smallest absolute Gasteiger partial charge is 0.159 e. The van der Waals surface area contributed by atoms with Gasteiger partial charge in [-0.1, -0.05) is 65.2 Å². The molecule has 0 aliphatic heterocycles. The van der Waals surface area contributed by atoms with E-state index in [0.717, 1.165) is 43.9 Å². The lowest BCUT2D eigenvalue weighted by molar-refractivity contribution is -0.122. The molecule has 4 aliphatic carbocycles. The van der Waals surface area contributed by atoms with E-state index in [1.807, 2.05) is 0 Å². The van der Waals surface area contributed by atoms with Crippen molar-refractivity contribution in [2.45, 2.75) is 105 Å². The summed E-state index contributed by atoms with van der Waals surface area (Å²) in [5, 5.41) is 10.2. The Balaban J connectivity index is 1.54. The van der Waals surface area contributed by atoms with Crippen LogP contribution in [0.3, 0.4) is 0 Å². The summed E-state index contributed by atoms with van der Waals surface area (Å²) in [6, 6.07) is 0. The van der Waals surface area contributed by atoms with Gasteiger partial charge in [0.2, 0.25) is 0 Å². The highest BCUT2D eigenvalue weighted by Crippen LogP contribution is 2.65. The van der Waals surface area contributed by atoms with Gasteiger partial charge in [0.15, 0.2) is 5.78 Å². The number of carbonyl (C=O) groups is 1. The zero-order chi connectivity index (χ0) is 22.6. The molecule has 8 unspecified atom stereocenters. The normalized spacial score (nSPS) is 41.7. The van der Waals surface area contributed by atoms with Crippen LogP contribution in [0.25, 0.3) is 0 Å². The largest absolute Gasteiger partial charge is 0.393 e. The number of carbonyl (C=O) groups excluding carboxylic acids is 1. The molecule has 0 spiro atoms. The molecule has 2 fully saturated rings. The molecule has 2 saturated carbocycles. The second-order valence-electron chi connectivity index (χ2n) is 12.4. The molecule has 0 amide bonds. The molecule has 2 nitrogen and oxygen atoms in total. The summed E-state index contributed by atoms with van der Waals surface area (Å²) in [7, 11) is 0. The van der Waals surface area contributed by atoms with Crippen molar-refractivity contribution in [2.75, 3.05) is 0 Å². The number of aliphatic hydroxyl groups is 1. The SMILES string of the molecule is CCC(CCC(C)C1C(=O)C=C2C3CC=C4CC(O)CCC4(C)C3CCC21C)C(C)C. The topological polar surface area (TPSA) is 37.3 Å². The van der Waals surface area contributed by atoms with E-state index in [1.54, 1.807) is 0 Å². The van der Waals surface area contributed by atoms with Gasteiger partial charge in [0.1, 0.15) is 0 Å². The molecular weight excluding hydrogens is 380 g/mol. The Kier molecular flexibility index (Phi) is 6.36. The molecule has 0 bridgehead atoms. The van der Waals surface area contributed by atoms with Gasteiger partial charge in [0.25, 0.3) is 0 Å². The van der Waals surface area contributed by atoms with E-state index in [4.69, 9.17) is 0 Å². The van der Waals surface area contributed by atoms with E-state index in [2.05, 4.69) is 53.7 Å². The van der Waals surface area contributed by atoms with Gasteiger partial charge in [-0.15, -0.1) is 0 Å². The summed E-state index contributed by atoms with van der Waals surface area (Å²) in [6.07, 6.45) is 14.5. The third kappa shape index (κ3) is 3.79. The first kappa shape index (κ1) is 23.3. The molecule has 174 valence electrons. The van der Waals surface area contributed by atoms with Crippen molar-refractivity contribution in [3.05, 3.63) is 23.3 Å². The third-order valence-electron chi connectivity index (χ3n) is 10.5. The Bertz CT molecular complexity index is 761. The number of hydrogen-bond acceptors (Lipinski definition) is 2. The molecular formula is C29H46O2. The maximum atomic E-state index is 13.4. The fourth-order valence-corrected chi connectivity index (χ4v) is 8.45. The highest BCUT2D eigenvalue weighted by molar-refractivity contribution is 5.97. The Morgan fingerprint density at radius 2 is 1.81 bits per heavy atom. The zero-order valence-electron chi connectivity index (χ0n) is 20.9. The van der Waals surface area contributed by atoms with E-state index >= 15 is 0 Å². The maximum Gasteiger partial charge on any atom is 0.159 e. The minimum absolute atomic E-state index is 0.0626. The molecule has 0 aromatic carbocycles. The van der Waals surface area contributed by atoms with Crippen LogP contribution >= 0.6 is 0 Å². The Hall–Kier alpha value is -0.890. The molecule has 2 heteroatoms. The van der Waals surface area contributed by atoms with Crippen molar-refractivity contribution in [1.82, 2.24) is 0 Å². The number of hydrogen-bond donors (Lipinski definition) is 1. The lowest BCUT2D eigenvalue weighted by atomic mass is 9.48. The van der Waals surface area contributed by atoms with Gasteiger partial charge in [-0.3, -0.25) is 4.79 Å². The van der Waals surface area contributed by atoms with Crippen molar-refractivity contribution in [3.8, 4) is 0 Å². The highest BCUT2D eigenvalue weighted by Gasteiger charge is 2.58. The van der Waals surface area contributed by atoms with Crippen LogP contribution in [-0.2, 0) is 4.79 Å². The summed E-state index contributed by atoms with van der Waals surface area (Å²) in [5.41, 5.74) is 3.28. The monoisotopic (exact) mass is 426 g/mol. The van der Waals surface area contributed by atoms with Crippen LogP contribution in [0.4, 0.5) is 0 Å². The summed E-state index contributed by atoms with van der Waals surface area (Å²) >= 11 is 0. The van der Waals surface area contributed by atoms with Crippen molar-refractivity contribution in [1.29, 1.82) is 0 Å². The van der Waals surface area contributed by atoms with Crippen LogP contribution in [0.2, 0.25) is 0 Å². The number of aliphatic hydroxyl groups excluding tert-OH is 1. The fraction of sp³-hybridized carbons (Fsp3) is 0.828.